The first-order chi connectivity index (χ1) is 8.58. The molecule has 96 valence electrons. The van der Waals surface area contributed by atoms with Gasteiger partial charge in [-0.2, -0.15) is 0 Å². The van der Waals surface area contributed by atoms with E-state index in [-0.39, 0.29) is 11.9 Å². The summed E-state index contributed by atoms with van der Waals surface area (Å²) in [6.45, 7) is 2.40. The smallest absolute Gasteiger partial charge is 0.185 e. The Labute approximate surface area is 110 Å². The van der Waals surface area contributed by atoms with Crippen molar-refractivity contribution in [3.8, 4) is 0 Å². The van der Waals surface area contributed by atoms with E-state index < -0.39 is 0 Å². The highest BCUT2D eigenvalue weighted by Crippen LogP contribution is 2.23. The largest absolute Gasteiger partial charge is 0.347 e. The lowest BCUT2D eigenvalue weighted by molar-refractivity contribution is 0.607. The van der Waals surface area contributed by atoms with Gasteiger partial charge in [0.2, 0.25) is 0 Å². The summed E-state index contributed by atoms with van der Waals surface area (Å²) >= 11 is 1.52. The van der Waals surface area contributed by atoms with Crippen molar-refractivity contribution >= 4 is 16.5 Å². The van der Waals surface area contributed by atoms with Crippen LogP contribution in [-0.4, -0.2) is 12.0 Å². The van der Waals surface area contributed by atoms with Gasteiger partial charge < -0.3 is 10.6 Å². The van der Waals surface area contributed by atoms with Gasteiger partial charge >= 0.3 is 0 Å². The Morgan fingerprint density at radius 2 is 2.17 bits per heavy atom. The Morgan fingerprint density at radius 3 is 2.78 bits per heavy atom. The van der Waals surface area contributed by atoms with E-state index >= 15 is 0 Å². The van der Waals surface area contributed by atoms with Crippen molar-refractivity contribution in [2.45, 2.75) is 19.5 Å². The lowest BCUT2D eigenvalue weighted by Gasteiger charge is -2.16. The maximum absolute atomic E-state index is 13.5. The highest BCUT2D eigenvalue weighted by atomic mass is 32.1. The number of halogens is 1. The van der Waals surface area contributed by atoms with Gasteiger partial charge in [0, 0.05) is 30.6 Å². The van der Waals surface area contributed by atoms with Crippen LogP contribution in [0.2, 0.25) is 0 Å². The fourth-order valence-electron chi connectivity index (χ4n) is 1.61. The highest BCUT2D eigenvalue weighted by molar-refractivity contribution is 7.13. The molecule has 0 aliphatic rings. The molecule has 0 bridgehead atoms. The number of hydrogen-bond donors (Lipinski definition) is 1. The number of thiazole rings is 1. The quantitative estimate of drug-likeness (QED) is 0.924. The van der Waals surface area contributed by atoms with Crippen LogP contribution in [0.3, 0.4) is 0 Å². The molecule has 1 aromatic carbocycles. The number of anilines is 1. The van der Waals surface area contributed by atoms with Crippen molar-refractivity contribution in [1.29, 1.82) is 0 Å². The van der Waals surface area contributed by atoms with Gasteiger partial charge in [-0.05, 0) is 13.0 Å². The number of aromatic nitrogens is 1. The summed E-state index contributed by atoms with van der Waals surface area (Å²) in [5.41, 5.74) is 7.30. The second kappa shape index (κ2) is 5.46. The molecule has 3 nitrogen and oxygen atoms in total. The molecule has 2 N–H and O–H groups in total. The molecule has 2 aromatic rings. The molecule has 1 heterocycles. The van der Waals surface area contributed by atoms with Crippen LogP contribution in [-0.2, 0) is 6.54 Å². The molecule has 0 aliphatic heterocycles. The second-order valence-electron chi connectivity index (χ2n) is 4.29. The zero-order valence-corrected chi connectivity index (χ0v) is 11.2. The highest BCUT2D eigenvalue weighted by Gasteiger charge is 2.11. The van der Waals surface area contributed by atoms with Crippen molar-refractivity contribution in [2.75, 3.05) is 11.9 Å². The first-order valence-electron chi connectivity index (χ1n) is 5.73. The van der Waals surface area contributed by atoms with Crippen molar-refractivity contribution < 1.29 is 4.39 Å². The molecule has 0 radical (unpaired) electrons. The lowest BCUT2D eigenvalue weighted by atomic mass is 10.2. The normalized spacial score (nSPS) is 12.4. The predicted octanol–water partition coefficient (Wildman–Crippen LogP) is 2.94. The average molecular weight is 265 g/mol. The fraction of sp³-hybridized carbons (Fsp3) is 0.308. The van der Waals surface area contributed by atoms with Crippen LogP contribution in [0.15, 0.2) is 29.6 Å². The molecular formula is C13H16FN3S. The van der Waals surface area contributed by atoms with Crippen LogP contribution in [0.25, 0.3) is 0 Å². The van der Waals surface area contributed by atoms with E-state index in [4.69, 9.17) is 5.73 Å². The number of rotatable bonds is 4. The summed E-state index contributed by atoms with van der Waals surface area (Å²) < 4.78 is 13.5. The van der Waals surface area contributed by atoms with Crippen LogP contribution in [0.4, 0.5) is 9.52 Å². The molecule has 0 fully saturated rings. The Kier molecular flexibility index (Phi) is 3.93. The third-order valence-corrected chi connectivity index (χ3v) is 3.64. The maximum Gasteiger partial charge on any atom is 0.185 e. The van der Waals surface area contributed by atoms with Crippen molar-refractivity contribution in [3.05, 3.63) is 46.7 Å². The van der Waals surface area contributed by atoms with Gasteiger partial charge in [0.15, 0.2) is 5.13 Å². The van der Waals surface area contributed by atoms with Gasteiger partial charge in [-0.15, -0.1) is 11.3 Å². The Morgan fingerprint density at radius 1 is 1.44 bits per heavy atom. The van der Waals surface area contributed by atoms with Crippen molar-refractivity contribution in [1.82, 2.24) is 4.98 Å². The van der Waals surface area contributed by atoms with Gasteiger partial charge in [0.1, 0.15) is 5.82 Å². The second-order valence-corrected chi connectivity index (χ2v) is 5.13. The molecule has 0 spiro atoms. The van der Waals surface area contributed by atoms with E-state index in [1.165, 1.54) is 17.4 Å². The number of benzene rings is 1. The number of nitrogens with two attached hydrogens (primary N) is 1. The molecule has 1 aromatic heterocycles. The molecule has 0 saturated heterocycles. The fourth-order valence-corrected chi connectivity index (χ4v) is 2.51. The summed E-state index contributed by atoms with van der Waals surface area (Å²) in [6.07, 6.45) is 0. The Bertz CT molecular complexity index is 524. The molecule has 0 aliphatic carbocycles. The molecule has 0 saturated carbocycles. The molecule has 18 heavy (non-hydrogen) atoms. The monoisotopic (exact) mass is 265 g/mol. The standard InChI is InChI=1S/C13H16FN3S/c1-9(15)12-8-18-13(16-12)17(2)7-10-5-3-4-6-11(10)14/h3-6,8-9H,7,15H2,1-2H3. The van der Waals surface area contributed by atoms with E-state index in [1.807, 2.05) is 30.3 Å². The van der Waals surface area contributed by atoms with Gasteiger partial charge in [0.25, 0.3) is 0 Å². The number of nitrogens with zero attached hydrogens (tertiary/aromatic N) is 2. The first-order valence-corrected chi connectivity index (χ1v) is 6.61. The molecule has 1 unspecified atom stereocenters. The zero-order valence-electron chi connectivity index (χ0n) is 10.4. The summed E-state index contributed by atoms with van der Waals surface area (Å²) in [5, 5.41) is 2.79. The lowest BCUT2D eigenvalue weighted by Crippen LogP contribution is -2.17. The summed E-state index contributed by atoms with van der Waals surface area (Å²) in [4.78, 5) is 6.36. The molecule has 0 amide bonds. The zero-order chi connectivity index (χ0) is 13.1. The van der Waals surface area contributed by atoms with Gasteiger partial charge in [-0.25, -0.2) is 9.37 Å². The molecule has 1 atom stereocenters. The molecular weight excluding hydrogens is 249 g/mol. The minimum atomic E-state index is -0.187. The van der Waals surface area contributed by atoms with Crippen LogP contribution in [0.5, 0.6) is 0 Å². The van der Waals surface area contributed by atoms with Crippen LogP contribution >= 0.6 is 11.3 Å². The van der Waals surface area contributed by atoms with E-state index in [9.17, 15) is 4.39 Å². The predicted molar refractivity (Wildman–Crippen MR) is 73.2 cm³/mol. The van der Waals surface area contributed by atoms with Crippen LogP contribution < -0.4 is 10.6 Å². The van der Waals surface area contributed by atoms with E-state index in [2.05, 4.69) is 4.98 Å². The van der Waals surface area contributed by atoms with E-state index in [0.717, 1.165) is 10.8 Å². The Hall–Kier alpha value is -1.46. The van der Waals surface area contributed by atoms with Gasteiger partial charge in [-0.3, -0.25) is 0 Å². The topological polar surface area (TPSA) is 42.1 Å². The third-order valence-electron chi connectivity index (χ3n) is 2.67. The number of hydrogen-bond acceptors (Lipinski definition) is 4. The SMILES string of the molecule is CC(N)c1csc(N(C)Cc2ccccc2F)n1. The van der Waals surface area contributed by atoms with E-state index in [1.54, 1.807) is 12.1 Å². The van der Waals surface area contributed by atoms with Crippen molar-refractivity contribution in [2.24, 2.45) is 5.73 Å². The average Bonchev–Trinajstić information content (AvgIpc) is 2.81. The van der Waals surface area contributed by atoms with Crippen LogP contribution in [0, 0.1) is 5.82 Å². The van der Waals surface area contributed by atoms with Crippen molar-refractivity contribution in [3.63, 3.8) is 0 Å². The first kappa shape index (κ1) is 13.0. The van der Waals surface area contributed by atoms with Crippen LogP contribution in [0.1, 0.15) is 24.2 Å². The Balaban J connectivity index is 2.12. The maximum atomic E-state index is 13.5. The summed E-state index contributed by atoms with van der Waals surface area (Å²) in [6, 6.07) is 6.71. The minimum absolute atomic E-state index is 0.0724. The summed E-state index contributed by atoms with van der Waals surface area (Å²) in [5.74, 6) is -0.187. The molecule has 2 rings (SSSR count). The molecule has 5 heteroatoms. The van der Waals surface area contributed by atoms with Gasteiger partial charge in [0.05, 0.1) is 5.69 Å². The van der Waals surface area contributed by atoms with E-state index in [0.29, 0.717) is 12.1 Å². The van der Waals surface area contributed by atoms with Gasteiger partial charge in [-0.1, -0.05) is 18.2 Å². The third kappa shape index (κ3) is 2.86. The minimum Gasteiger partial charge on any atom is -0.347 e. The summed E-state index contributed by atoms with van der Waals surface area (Å²) in [7, 11) is 1.90.